The summed E-state index contributed by atoms with van der Waals surface area (Å²) in [5.41, 5.74) is 3.47. The van der Waals surface area contributed by atoms with Crippen LogP contribution in [-0.2, 0) is 6.54 Å². The minimum atomic E-state index is -0.00861. The van der Waals surface area contributed by atoms with Crippen LogP contribution in [0.1, 0.15) is 5.56 Å². The van der Waals surface area contributed by atoms with E-state index in [0.29, 0.717) is 12.1 Å². The van der Waals surface area contributed by atoms with E-state index in [0.717, 1.165) is 28.5 Å². The average Bonchev–Trinajstić information content (AvgIpc) is 2.76. The first-order valence-electron chi connectivity index (χ1n) is 6.68. The van der Waals surface area contributed by atoms with Gasteiger partial charge in [0.2, 0.25) is 0 Å². The largest absolute Gasteiger partial charge is 0.349 e. The van der Waals surface area contributed by atoms with Gasteiger partial charge in [0.1, 0.15) is 11.0 Å². The molecule has 3 rings (SSSR count). The molecule has 0 amide bonds. The van der Waals surface area contributed by atoms with E-state index in [2.05, 4.69) is 9.97 Å². The second-order valence-electron chi connectivity index (χ2n) is 5.44. The Morgan fingerprint density at radius 1 is 1.35 bits per heavy atom. The lowest BCUT2D eigenvalue weighted by Crippen LogP contribution is -2.26. The summed E-state index contributed by atoms with van der Waals surface area (Å²) in [6.07, 6.45) is 1.64. The predicted molar refractivity (Wildman–Crippen MR) is 81.2 cm³/mol. The van der Waals surface area contributed by atoms with Gasteiger partial charge in [-0.15, -0.1) is 0 Å². The van der Waals surface area contributed by atoms with E-state index in [1.165, 1.54) is 0 Å². The van der Waals surface area contributed by atoms with Gasteiger partial charge in [-0.05, 0) is 32.6 Å². The summed E-state index contributed by atoms with van der Waals surface area (Å²) < 4.78 is 1.66. The molecule has 2 aromatic heterocycles. The lowest BCUT2D eigenvalue weighted by molar-refractivity contribution is 0.380. The van der Waals surface area contributed by atoms with Gasteiger partial charge in [-0.1, -0.05) is 12.1 Å². The van der Waals surface area contributed by atoms with Gasteiger partial charge in [0.15, 0.2) is 0 Å². The fourth-order valence-electron chi connectivity index (χ4n) is 2.38. The van der Waals surface area contributed by atoms with E-state index >= 15 is 0 Å². The number of hydrogen-bond donors (Lipinski definition) is 1. The average molecular weight is 270 g/mol. The highest BCUT2D eigenvalue weighted by Crippen LogP contribution is 2.21. The monoisotopic (exact) mass is 270 g/mol. The van der Waals surface area contributed by atoms with Crippen molar-refractivity contribution in [1.82, 2.24) is 19.4 Å². The van der Waals surface area contributed by atoms with Crippen molar-refractivity contribution in [2.24, 2.45) is 0 Å². The van der Waals surface area contributed by atoms with Gasteiger partial charge in [-0.25, -0.2) is 4.98 Å². The highest BCUT2D eigenvalue weighted by atomic mass is 16.1. The normalized spacial score (nSPS) is 11.8. The molecule has 20 heavy (non-hydrogen) atoms. The quantitative estimate of drug-likeness (QED) is 0.789. The standard InChI is InChI=1S/C15H18N4O/c1-10-4-5-11-12(8-10)17-14-13(11)16-9-19(15(14)20)7-6-18(2)3/h4-5,8-9,17H,6-7H2,1-3H3. The SMILES string of the molecule is Cc1ccc2c(c1)[nH]c1c(=O)n(CCN(C)C)cnc12. The van der Waals surface area contributed by atoms with E-state index in [4.69, 9.17) is 0 Å². The van der Waals surface area contributed by atoms with Crippen molar-refractivity contribution in [3.63, 3.8) is 0 Å². The molecule has 0 bridgehead atoms. The molecular weight excluding hydrogens is 252 g/mol. The molecule has 0 unspecified atom stereocenters. The molecule has 0 atom stereocenters. The molecule has 1 aromatic carbocycles. The van der Waals surface area contributed by atoms with Crippen molar-refractivity contribution in [3.8, 4) is 0 Å². The van der Waals surface area contributed by atoms with Crippen LogP contribution >= 0.6 is 0 Å². The molecule has 5 nitrogen and oxygen atoms in total. The molecule has 5 heteroatoms. The van der Waals surface area contributed by atoms with Crippen LogP contribution in [0.4, 0.5) is 0 Å². The number of aromatic nitrogens is 3. The van der Waals surface area contributed by atoms with Crippen LogP contribution in [0.2, 0.25) is 0 Å². The number of nitrogens with zero attached hydrogens (tertiary/aromatic N) is 3. The van der Waals surface area contributed by atoms with Crippen molar-refractivity contribution in [3.05, 3.63) is 40.4 Å². The molecule has 0 aliphatic rings. The number of nitrogens with one attached hydrogen (secondary N) is 1. The first-order valence-corrected chi connectivity index (χ1v) is 6.68. The van der Waals surface area contributed by atoms with E-state index in [-0.39, 0.29) is 5.56 Å². The Kier molecular flexibility index (Phi) is 3.06. The minimum absolute atomic E-state index is 0.00861. The maximum Gasteiger partial charge on any atom is 0.277 e. The first-order chi connectivity index (χ1) is 9.56. The summed E-state index contributed by atoms with van der Waals surface area (Å²) in [6.45, 7) is 3.49. The number of aromatic amines is 1. The molecule has 104 valence electrons. The number of benzene rings is 1. The fourth-order valence-corrected chi connectivity index (χ4v) is 2.38. The van der Waals surface area contributed by atoms with Gasteiger partial charge in [-0.3, -0.25) is 9.36 Å². The van der Waals surface area contributed by atoms with Crippen LogP contribution in [0, 0.1) is 6.92 Å². The molecule has 3 aromatic rings. The predicted octanol–water partition coefficient (Wildman–Crippen LogP) is 1.75. The molecule has 0 aliphatic heterocycles. The Morgan fingerprint density at radius 2 is 2.15 bits per heavy atom. The maximum absolute atomic E-state index is 12.5. The lowest BCUT2D eigenvalue weighted by Gasteiger charge is -2.10. The second-order valence-corrected chi connectivity index (χ2v) is 5.44. The third-order valence-electron chi connectivity index (χ3n) is 3.52. The van der Waals surface area contributed by atoms with Gasteiger partial charge >= 0.3 is 0 Å². The molecule has 0 spiro atoms. The van der Waals surface area contributed by atoms with Crippen LogP contribution in [0.25, 0.3) is 21.9 Å². The van der Waals surface area contributed by atoms with E-state index in [9.17, 15) is 4.79 Å². The molecule has 0 saturated carbocycles. The third kappa shape index (κ3) is 2.10. The summed E-state index contributed by atoms with van der Waals surface area (Å²) in [6, 6.07) is 6.09. The van der Waals surface area contributed by atoms with Crippen molar-refractivity contribution < 1.29 is 0 Å². The summed E-state index contributed by atoms with van der Waals surface area (Å²) in [5.74, 6) is 0. The van der Waals surface area contributed by atoms with Crippen LogP contribution in [0.3, 0.4) is 0 Å². The summed E-state index contributed by atoms with van der Waals surface area (Å²) >= 11 is 0. The Hall–Kier alpha value is -2.14. The van der Waals surface area contributed by atoms with Crippen LogP contribution in [0.5, 0.6) is 0 Å². The molecule has 0 saturated heterocycles. The number of H-pyrrole nitrogens is 1. The highest BCUT2D eigenvalue weighted by Gasteiger charge is 2.10. The minimum Gasteiger partial charge on any atom is -0.349 e. The van der Waals surface area contributed by atoms with Crippen LogP contribution in [-0.4, -0.2) is 40.1 Å². The first kappa shape index (κ1) is 12.9. The maximum atomic E-state index is 12.5. The zero-order chi connectivity index (χ0) is 14.3. The van der Waals surface area contributed by atoms with Crippen LogP contribution < -0.4 is 5.56 Å². The van der Waals surface area contributed by atoms with Crippen molar-refractivity contribution in [2.45, 2.75) is 13.5 Å². The zero-order valence-electron chi connectivity index (χ0n) is 12.0. The number of hydrogen-bond acceptors (Lipinski definition) is 3. The van der Waals surface area contributed by atoms with Gasteiger partial charge in [0.25, 0.3) is 5.56 Å². The number of fused-ring (bicyclic) bond motifs is 3. The Labute approximate surface area is 116 Å². The lowest BCUT2D eigenvalue weighted by atomic mass is 10.2. The van der Waals surface area contributed by atoms with Gasteiger partial charge in [0, 0.05) is 24.0 Å². The highest BCUT2D eigenvalue weighted by molar-refractivity contribution is 6.04. The number of rotatable bonds is 3. The third-order valence-corrected chi connectivity index (χ3v) is 3.52. The summed E-state index contributed by atoms with van der Waals surface area (Å²) in [4.78, 5) is 22.2. The molecule has 0 radical (unpaired) electrons. The molecule has 2 heterocycles. The zero-order valence-corrected chi connectivity index (χ0v) is 12.0. The molecule has 0 aliphatic carbocycles. The Bertz CT molecular complexity index is 829. The molecule has 1 N–H and O–H groups in total. The van der Waals surface area contributed by atoms with E-state index < -0.39 is 0 Å². The van der Waals surface area contributed by atoms with E-state index in [1.54, 1.807) is 10.9 Å². The molecular formula is C15H18N4O. The summed E-state index contributed by atoms with van der Waals surface area (Å²) in [5, 5.41) is 1.00. The Morgan fingerprint density at radius 3 is 2.90 bits per heavy atom. The summed E-state index contributed by atoms with van der Waals surface area (Å²) in [7, 11) is 3.98. The van der Waals surface area contributed by atoms with Gasteiger partial charge in [0.05, 0.1) is 6.33 Å². The number of likely N-dealkylation sites (N-methyl/N-ethyl adjacent to an activating group) is 1. The van der Waals surface area contributed by atoms with Crippen LogP contribution in [0.15, 0.2) is 29.3 Å². The Balaban J connectivity index is 2.17. The fraction of sp³-hybridized carbons (Fsp3) is 0.333. The van der Waals surface area contributed by atoms with Crippen molar-refractivity contribution in [1.29, 1.82) is 0 Å². The smallest absolute Gasteiger partial charge is 0.277 e. The topological polar surface area (TPSA) is 53.9 Å². The van der Waals surface area contributed by atoms with Crippen molar-refractivity contribution >= 4 is 21.9 Å². The van der Waals surface area contributed by atoms with Gasteiger partial charge in [-0.2, -0.15) is 0 Å². The van der Waals surface area contributed by atoms with E-state index in [1.807, 2.05) is 44.1 Å². The molecule has 0 fully saturated rings. The van der Waals surface area contributed by atoms with Crippen molar-refractivity contribution in [2.75, 3.05) is 20.6 Å². The second kappa shape index (κ2) is 4.76. The number of aryl methyl sites for hydroxylation is 1. The van der Waals surface area contributed by atoms with Gasteiger partial charge < -0.3 is 9.88 Å².